The second-order valence-electron chi connectivity index (χ2n) is 8.45. The van der Waals surface area contributed by atoms with Gasteiger partial charge in [-0.3, -0.25) is 0 Å². The summed E-state index contributed by atoms with van der Waals surface area (Å²) >= 11 is 0. The van der Waals surface area contributed by atoms with Gasteiger partial charge in [0, 0.05) is 35.7 Å². The number of fused-ring (bicyclic) bond motifs is 4. The number of furan rings is 1. The lowest BCUT2D eigenvalue weighted by molar-refractivity contribution is 0.474. The SMILES string of the molecule is CCCCCCn1c(N=Cc2c(O)ccc3oc4c(c23)CCCC4)nc2ccccc21. The van der Waals surface area contributed by atoms with E-state index in [1.165, 1.54) is 24.8 Å². The minimum Gasteiger partial charge on any atom is -0.507 e. The zero-order valence-corrected chi connectivity index (χ0v) is 18.1. The highest BCUT2D eigenvalue weighted by Crippen LogP contribution is 2.37. The van der Waals surface area contributed by atoms with E-state index in [4.69, 9.17) is 14.4 Å². The van der Waals surface area contributed by atoms with Crippen LogP contribution in [0.3, 0.4) is 0 Å². The van der Waals surface area contributed by atoms with Crippen LogP contribution in [0.4, 0.5) is 5.95 Å². The third kappa shape index (κ3) is 3.73. The van der Waals surface area contributed by atoms with E-state index < -0.39 is 0 Å². The summed E-state index contributed by atoms with van der Waals surface area (Å²) < 4.78 is 8.29. The first-order chi connectivity index (χ1) is 15.3. The van der Waals surface area contributed by atoms with Gasteiger partial charge >= 0.3 is 0 Å². The molecule has 2 aromatic heterocycles. The predicted molar refractivity (Wildman–Crippen MR) is 126 cm³/mol. The van der Waals surface area contributed by atoms with E-state index in [2.05, 4.69) is 17.6 Å². The summed E-state index contributed by atoms with van der Waals surface area (Å²) in [6, 6.07) is 11.8. The van der Waals surface area contributed by atoms with Crippen LogP contribution in [0.25, 0.3) is 22.0 Å². The Hall–Kier alpha value is -3.08. The lowest BCUT2D eigenvalue weighted by atomic mass is 9.94. The van der Waals surface area contributed by atoms with Crippen LogP contribution in [-0.2, 0) is 19.4 Å². The Morgan fingerprint density at radius 1 is 1.10 bits per heavy atom. The van der Waals surface area contributed by atoms with Gasteiger partial charge in [-0.1, -0.05) is 38.3 Å². The normalized spacial score (nSPS) is 14.1. The largest absolute Gasteiger partial charge is 0.507 e. The van der Waals surface area contributed by atoms with E-state index in [0.717, 1.165) is 72.0 Å². The minimum atomic E-state index is 0.232. The first-order valence-corrected chi connectivity index (χ1v) is 11.5. The molecule has 2 aromatic carbocycles. The third-order valence-corrected chi connectivity index (χ3v) is 6.32. The van der Waals surface area contributed by atoms with Crippen molar-refractivity contribution in [2.75, 3.05) is 0 Å². The molecule has 5 rings (SSSR count). The van der Waals surface area contributed by atoms with Gasteiger partial charge in [-0.25, -0.2) is 9.98 Å². The number of unbranched alkanes of at least 4 members (excludes halogenated alkanes) is 3. The van der Waals surface area contributed by atoms with Gasteiger partial charge in [-0.15, -0.1) is 0 Å². The van der Waals surface area contributed by atoms with Crippen molar-refractivity contribution in [3.8, 4) is 5.75 Å². The molecule has 0 radical (unpaired) electrons. The zero-order valence-electron chi connectivity index (χ0n) is 18.1. The molecule has 4 aromatic rings. The third-order valence-electron chi connectivity index (χ3n) is 6.32. The number of imidazole rings is 1. The average Bonchev–Trinajstić information content (AvgIpc) is 3.34. The maximum absolute atomic E-state index is 10.7. The van der Waals surface area contributed by atoms with Gasteiger partial charge in [-0.2, -0.15) is 0 Å². The average molecular weight is 416 g/mol. The van der Waals surface area contributed by atoms with Crippen LogP contribution in [0.2, 0.25) is 0 Å². The number of rotatable bonds is 7. The van der Waals surface area contributed by atoms with Crippen molar-refractivity contribution in [1.82, 2.24) is 9.55 Å². The molecule has 0 atom stereocenters. The van der Waals surface area contributed by atoms with Gasteiger partial charge in [0.25, 0.3) is 0 Å². The molecule has 160 valence electrons. The summed E-state index contributed by atoms with van der Waals surface area (Å²) in [5.41, 5.74) is 4.85. The van der Waals surface area contributed by atoms with Crippen LogP contribution in [0.5, 0.6) is 5.75 Å². The molecule has 1 aliphatic carbocycles. The molecule has 31 heavy (non-hydrogen) atoms. The van der Waals surface area contributed by atoms with E-state index >= 15 is 0 Å². The van der Waals surface area contributed by atoms with Crippen LogP contribution in [-0.4, -0.2) is 20.9 Å². The smallest absolute Gasteiger partial charge is 0.230 e. The second kappa shape index (κ2) is 8.58. The van der Waals surface area contributed by atoms with Crippen LogP contribution in [0.1, 0.15) is 62.3 Å². The lowest BCUT2D eigenvalue weighted by Crippen LogP contribution is -2.00. The number of phenolic OH excluding ortho intramolecular Hbond substituents is 1. The maximum atomic E-state index is 10.7. The van der Waals surface area contributed by atoms with Gasteiger partial charge < -0.3 is 14.1 Å². The molecule has 5 heteroatoms. The molecular weight excluding hydrogens is 386 g/mol. The van der Waals surface area contributed by atoms with E-state index in [-0.39, 0.29) is 5.75 Å². The van der Waals surface area contributed by atoms with Gasteiger partial charge in [0.05, 0.1) is 11.0 Å². The van der Waals surface area contributed by atoms with E-state index in [1.54, 1.807) is 12.3 Å². The number of para-hydroxylation sites is 2. The van der Waals surface area contributed by atoms with Crippen molar-refractivity contribution in [1.29, 1.82) is 0 Å². The minimum absolute atomic E-state index is 0.232. The standard InChI is InChI=1S/C26H29N3O2/c1-2-3-4-9-16-29-21-12-7-6-11-20(21)28-26(29)27-17-19-22(30)14-15-24-25(19)18-10-5-8-13-23(18)31-24/h6-7,11-12,14-15,17,30H,2-5,8-10,13,16H2,1H3. The lowest BCUT2D eigenvalue weighted by Gasteiger charge is -2.10. The summed E-state index contributed by atoms with van der Waals surface area (Å²) in [7, 11) is 0. The number of aliphatic imine (C=N–C) groups is 1. The quantitative estimate of drug-likeness (QED) is 0.270. The fraction of sp³-hybridized carbons (Fsp3) is 0.385. The highest BCUT2D eigenvalue weighted by Gasteiger charge is 2.21. The van der Waals surface area contributed by atoms with E-state index in [1.807, 2.05) is 24.3 Å². The first-order valence-electron chi connectivity index (χ1n) is 11.5. The first kappa shape index (κ1) is 19.9. The van der Waals surface area contributed by atoms with Crippen molar-refractivity contribution in [2.24, 2.45) is 4.99 Å². The fourth-order valence-corrected chi connectivity index (χ4v) is 4.70. The van der Waals surface area contributed by atoms with Gasteiger partial charge in [0.2, 0.25) is 5.95 Å². The number of hydrogen-bond donors (Lipinski definition) is 1. The van der Waals surface area contributed by atoms with E-state index in [0.29, 0.717) is 5.95 Å². The summed E-state index contributed by atoms with van der Waals surface area (Å²) in [6.07, 6.45) is 10.8. The molecule has 0 fully saturated rings. The molecule has 0 bridgehead atoms. The number of nitrogens with zero attached hydrogens (tertiary/aromatic N) is 3. The molecular formula is C26H29N3O2. The Bertz CT molecular complexity index is 1250. The molecule has 0 unspecified atom stereocenters. The van der Waals surface area contributed by atoms with Crippen molar-refractivity contribution in [3.05, 3.63) is 53.3 Å². The summed E-state index contributed by atoms with van der Waals surface area (Å²) in [6.45, 7) is 3.12. The number of aromatic hydroxyl groups is 1. The molecule has 1 aliphatic rings. The Morgan fingerprint density at radius 3 is 2.87 bits per heavy atom. The number of hydrogen-bond acceptors (Lipinski definition) is 4. The van der Waals surface area contributed by atoms with E-state index in [9.17, 15) is 5.11 Å². The van der Waals surface area contributed by atoms with Crippen molar-refractivity contribution in [2.45, 2.75) is 64.8 Å². The number of aryl methyl sites for hydroxylation is 3. The van der Waals surface area contributed by atoms with Crippen molar-refractivity contribution >= 4 is 34.2 Å². The molecule has 0 amide bonds. The van der Waals surface area contributed by atoms with Crippen LogP contribution in [0, 0.1) is 0 Å². The Balaban J connectivity index is 1.55. The summed E-state index contributed by atoms with van der Waals surface area (Å²) in [5.74, 6) is 1.98. The van der Waals surface area contributed by atoms with Gasteiger partial charge in [0.1, 0.15) is 17.1 Å². The van der Waals surface area contributed by atoms with Crippen molar-refractivity contribution in [3.63, 3.8) is 0 Å². The van der Waals surface area contributed by atoms with Gasteiger partial charge in [0.15, 0.2) is 0 Å². The molecule has 5 nitrogen and oxygen atoms in total. The fourth-order valence-electron chi connectivity index (χ4n) is 4.70. The summed E-state index contributed by atoms with van der Waals surface area (Å²) in [5, 5.41) is 11.7. The molecule has 0 spiro atoms. The van der Waals surface area contributed by atoms with Crippen LogP contribution < -0.4 is 0 Å². The Kier molecular flexibility index (Phi) is 5.49. The Labute approximate surface area is 182 Å². The Morgan fingerprint density at radius 2 is 1.97 bits per heavy atom. The highest BCUT2D eigenvalue weighted by atomic mass is 16.3. The predicted octanol–water partition coefficient (Wildman–Crippen LogP) is 6.70. The topological polar surface area (TPSA) is 63.5 Å². The van der Waals surface area contributed by atoms with Gasteiger partial charge in [-0.05, 0) is 49.9 Å². The number of benzene rings is 2. The number of phenols is 1. The zero-order chi connectivity index (χ0) is 21.2. The summed E-state index contributed by atoms with van der Waals surface area (Å²) in [4.78, 5) is 9.55. The molecule has 0 aliphatic heterocycles. The van der Waals surface area contributed by atoms with Crippen LogP contribution >= 0.6 is 0 Å². The maximum Gasteiger partial charge on any atom is 0.230 e. The number of aromatic nitrogens is 2. The molecule has 2 heterocycles. The second-order valence-corrected chi connectivity index (χ2v) is 8.45. The molecule has 0 saturated carbocycles. The molecule has 0 saturated heterocycles. The van der Waals surface area contributed by atoms with Crippen molar-refractivity contribution < 1.29 is 9.52 Å². The molecule has 1 N–H and O–H groups in total. The van der Waals surface area contributed by atoms with Crippen LogP contribution in [0.15, 0.2) is 45.8 Å². The monoisotopic (exact) mass is 415 g/mol. The highest BCUT2D eigenvalue weighted by molar-refractivity contribution is 6.03.